The molecule has 0 radical (unpaired) electrons. The fraction of sp³-hybridized carbons (Fsp3) is 0.769. The highest BCUT2D eigenvalue weighted by Crippen LogP contribution is 2.29. The monoisotopic (exact) mass is 480 g/mol. The Morgan fingerprint density at radius 1 is 1.00 bits per heavy atom. The molecule has 0 saturated carbocycles. The molecule has 184 valence electrons. The number of allylic oxidation sites excluding steroid dienone is 3. The second-order valence-corrected chi connectivity index (χ2v) is 20.0. The lowest BCUT2D eigenvalue weighted by molar-refractivity contribution is -0.135. The van der Waals surface area contributed by atoms with E-state index in [1.165, 1.54) is 19.3 Å². The van der Waals surface area contributed by atoms with Crippen LogP contribution in [0.5, 0.6) is 0 Å². The fourth-order valence-corrected chi connectivity index (χ4v) is 5.95. The molecule has 0 aromatic rings. The third kappa shape index (κ3) is 13.5. The number of carbonyl (C=O) groups is 2. The molecule has 0 N–H and O–H groups in total. The zero-order valence-corrected chi connectivity index (χ0v) is 23.7. The van der Waals surface area contributed by atoms with Gasteiger partial charge in [0.15, 0.2) is 14.1 Å². The molecule has 3 unspecified atom stereocenters. The summed E-state index contributed by atoms with van der Waals surface area (Å²) in [6.45, 7) is 15.0. The van der Waals surface area contributed by atoms with Crippen molar-refractivity contribution in [2.24, 2.45) is 11.8 Å². The molecule has 4 nitrogen and oxygen atoms in total. The van der Waals surface area contributed by atoms with Gasteiger partial charge in [0.1, 0.15) is 0 Å². The number of hydrogen-bond acceptors (Lipinski definition) is 4. The summed E-state index contributed by atoms with van der Waals surface area (Å²) < 4.78 is 11.9. The Kier molecular flexibility index (Phi) is 13.0. The summed E-state index contributed by atoms with van der Waals surface area (Å²) in [5.74, 6) is 0.449. The van der Waals surface area contributed by atoms with Crippen LogP contribution in [0.25, 0.3) is 0 Å². The maximum Gasteiger partial charge on any atom is 0.292 e. The molecule has 1 rings (SSSR count). The van der Waals surface area contributed by atoms with Gasteiger partial charge in [-0.25, -0.2) is 0 Å². The van der Waals surface area contributed by atoms with Gasteiger partial charge in [-0.3, -0.25) is 9.59 Å². The molecular formula is C26H48O4Si2. The summed E-state index contributed by atoms with van der Waals surface area (Å²) in [6, 6.07) is 0. The standard InChI is InChI=1S/C26H48O4Si2/c1-8-9-12-15-23(29-31(2,3)4)20-18-22-19-21-25(27)24(22)16-13-10-11-14-17-26(28)30-32(5,6)7/h18-24H,8-17H2,1-7H3/b20-18+. The van der Waals surface area contributed by atoms with E-state index in [0.717, 1.165) is 38.5 Å². The van der Waals surface area contributed by atoms with Crippen LogP contribution in [0.4, 0.5) is 0 Å². The average Bonchev–Trinajstić information content (AvgIpc) is 3.00. The van der Waals surface area contributed by atoms with Gasteiger partial charge >= 0.3 is 0 Å². The van der Waals surface area contributed by atoms with Crippen LogP contribution in [0.1, 0.15) is 71.1 Å². The Hall–Kier alpha value is -0.986. The van der Waals surface area contributed by atoms with E-state index >= 15 is 0 Å². The van der Waals surface area contributed by atoms with E-state index in [2.05, 4.69) is 44.8 Å². The summed E-state index contributed by atoms with van der Waals surface area (Å²) in [7, 11) is -3.39. The molecule has 1 aliphatic rings. The van der Waals surface area contributed by atoms with Crippen LogP contribution >= 0.6 is 0 Å². The Labute approximate surface area is 199 Å². The van der Waals surface area contributed by atoms with Gasteiger partial charge in [-0.15, -0.1) is 0 Å². The molecule has 0 fully saturated rings. The Bertz CT molecular complexity index is 629. The largest absolute Gasteiger partial charge is 0.520 e. The van der Waals surface area contributed by atoms with Gasteiger partial charge in [0.2, 0.25) is 8.32 Å². The Morgan fingerprint density at radius 2 is 1.69 bits per heavy atom. The lowest BCUT2D eigenvalue weighted by atomic mass is 9.88. The van der Waals surface area contributed by atoms with Gasteiger partial charge in [-0.05, 0) is 64.6 Å². The number of rotatable bonds is 16. The van der Waals surface area contributed by atoms with Gasteiger partial charge in [-0.1, -0.05) is 63.7 Å². The minimum Gasteiger partial charge on any atom is -0.520 e. The highest BCUT2D eigenvalue weighted by molar-refractivity contribution is 6.71. The molecular weight excluding hydrogens is 432 g/mol. The number of carbonyl (C=O) groups excluding carboxylic acids is 2. The smallest absolute Gasteiger partial charge is 0.292 e. The second kappa shape index (κ2) is 14.3. The molecule has 0 aromatic heterocycles. The average molecular weight is 481 g/mol. The van der Waals surface area contributed by atoms with E-state index in [9.17, 15) is 9.59 Å². The molecule has 6 heteroatoms. The molecule has 0 spiro atoms. The molecule has 0 bridgehead atoms. The quantitative estimate of drug-likeness (QED) is 0.131. The molecule has 1 aliphatic carbocycles. The summed E-state index contributed by atoms with van der Waals surface area (Å²) in [5.41, 5.74) is 0. The first-order valence-electron chi connectivity index (χ1n) is 12.7. The van der Waals surface area contributed by atoms with Crippen molar-refractivity contribution in [3.8, 4) is 0 Å². The van der Waals surface area contributed by atoms with Crippen LogP contribution in [0.2, 0.25) is 39.3 Å². The highest BCUT2D eigenvalue weighted by atomic mass is 28.4. The maximum absolute atomic E-state index is 12.4. The van der Waals surface area contributed by atoms with Crippen LogP contribution < -0.4 is 0 Å². The van der Waals surface area contributed by atoms with Gasteiger partial charge in [-0.2, -0.15) is 0 Å². The van der Waals surface area contributed by atoms with E-state index in [1.807, 2.05) is 19.6 Å². The maximum atomic E-state index is 12.4. The Morgan fingerprint density at radius 3 is 2.31 bits per heavy atom. The van der Waals surface area contributed by atoms with Crippen molar-refractivity contribution in [1.29, 1.82) is 0 Å². The van der Waals surface area contributed by atoms with Crippen molar-refractivity contribution in [2.45, 2.75) is 117 Å². The number of unbranched alkanes of at least 4 members (excludes halogenated alkanes) is 5. The van der Waals surface area contributed by atoms with Gasteiger partial charge in [0, 0.05) is 18.3 Å². The van der Waals surface area contributed by atoms with Crippen LogP contribution in [-0.2, 0) is 18.4 Å². The summed E-state index contributed by atoms with van der Waals surface area (Å²) >= 11 is 0. The van der Waals surface area contributed by atoms with Crippen molar-refractivity contribution >= 4 is 28.4 Å². The van der Waals surface area contributed by atoms with E-state index in [4.69, 9.17) is 8.85 Å². The zero-order chi connectivity index (χ0) is 24.2. The van der Waals surface area contributed by atoms with E-state index in [-0.39, 0.29) is 29.7 Å². The molecule has 0 aromatic carbocycles. The van der Waals surface area contributed by atoms with Gasteiger partial charge in [0.25, 0.3) is 5.97 Å². The molecule has 0 saturated heterocycles. The minimum absolute atomic E-state index is 0.0569. The normalized spacial score (nSPS) is 20.3. The third-order valence-electron chi connectivity index (χ3n) is 5.52. The van der Waals surface area contributed by atoms with Crippen molar-refractivity contribution < 1.29 is 18.4 Å². The van der Waals surface area contributed by atoms with Crippen LogP contribution in [-0.4, -0.2) is 34.5 Å². The molecule has 32 heavy (non-hydrogen) atoms. The molecule has 3 atom stereocenters. The molecule has 0 heterocycles. The number of hydrogen-bond donors (Lipinski definition) is 0. The first-order chi connectivity index (χ1) is 14.9. The Balaban J connectivity index is 2.45. The van der Waals surface area contributed by atoms with Crippen molar-refractivity contribution in [3.05, 3.63) is 24.3 Å². The zero-order valence-electron chi connectivity index (χ0n) is 21.7. The van der Waals surface area contributed by atoms with Crippen molar-refractivity contribution in [3.63, 3.8) is 0 Å². The predicted octanol–water partition coefficient (Wildman–Crippen LogP) is 7.43. The van der Waals surface area contributed by atoms with Gasteiger partial charge in [0.05, 0.1) is 6.10 Å². The molecule has 0 aliphatic heterocycles. The summed E-state index contributed by atoms with van der Waals surface area (Å²) in [5, 5.41) is 0. The second-order valence-electron chi connectivity index (χ2n) is 11.1. The number of ketones is 1. The summed E-state index contributed by atoms with van der Waals surface area (Å²) in [6.07, 6.45) is 18.5. The van der Waals surface area contributed by atoms with Crippen LogP contribution in [0.3, 0.4) is 0 Å². The lowest BCUT2D eigenvalue weighted by Crippen LogP contribution is -2.31. The first kappa shape index (κ1) is 29.0. The van der Waals surface area contributed by atoms with Crippen molar-refractivity contribution in [2.75, 3.05) is 0 Å². The van der Waals surface area contributed by atoms with Crippen LogP contribution in [0, 0.1) is 11.8 Å². The van der Waals surface area contributed by atoms with E-state index in [1.54, 1.807) is 6.08 Å². The van der Waals surface area contributed by atoms with Crippen molar-refractivity contribution in [1.82, 2.24) is 0 Å². The van der Waals surface area contributed by atoms with Gasteiger partial charge < -0.3 is 8.85 Å². The fourth-order valence-electron chi connectivity index (χ4n) is 4.06. The third-order valence-corrected chi connectivity index (χ3v) is 7.37. The minimum atomic E-state index is -1.78. The highest BCUT2D eigenvalue weighted by Gasteiger charge is 2.28. The van der Waals surface area contributed by atoms with Crippen LogP contribution in [0.15, 0.2) is 24.3 Å². The van der Waals surface area contributed by atoms with E-state index < -0.39 is 16.6 Å². The topological polar surface area (TPSA) is 52.6 Å². The molecule has 0 amide bonds. The first-order valence-corrected chi connectivity index (χ1v) is 19.5. The van der Waals surface area contributed by atoms with E-state index in [0.29, 0.717) is 6.42 Å². The lowest BCUT2D eigenvalue weighted by Gasteiger charge is -2.25. The summed E-state index contributed by atoms with van der Waals surface area (Å²) in [4.78, 5) is 24.2. The predicted molar refractivity (Wildman–Crippen MR) is 140 cm³/mol. The SMILES string of the molecule is CCCCCC(/C=C/C1C=CC(=O)C1CCCCCCC(=O)O[Si](C)(C)C)O[Si](C)(C)C.